The number of aromatic hydroxyl groups is 1. The molecule has 8 heteroatoms. The van der Waals surface area contributed by atoms with Crippen LogP contribution in [0.5, 0.6) is 5.75 Å². The lowest BCUT2D eigenvalue weighted by Gasteiger charge is -2.18. The maximum Gasteiger partial charge on any atom is 0.291 e. The third-order valence-corrected chi connectivity index (χ3v) is 4.54. The summed E-state index contributed by atoms with van der Waals surface area (Å²) in [6.45, 7) is 6.90. The number of carbonyl (C=O) groups is 1. The zero-order chi connectivity index (χ0) is 18.1. The van der Waals surface area contributed by atoms with Crippen LogP contribution < -0.4 is 10.0 Å². The first-order valence-electron chi connectivity index (χ1n) is 7.23. The summed E-state index contributed by atoms with van der Waals surface area (Å²) in [6.07, 6.45) is 0. The van der Waals surface area contributed by atoms with Crippen LogP contribution in [0.1, 0.15) is 36.9 Å². The average molecular weight is 352 g/mol. The molecule has 0 fully saturated rings. The molecule has 0 aliphatic rings. The molecule has 0 spiro atoms. The lowest BCUT2D eigenvalue weighted by atomic mass is 10.1. The first kappa shape index (κ1) is 18.0. The molecule has 1 aromatic carbocycles. The van der Waals surface area contributed by atoms with Crippen molar-refractivity contribution in [1.29, 1.82) is 0 Å². The monoisotopic (exact) mass is 352 g/mol. The lowest BCUT2D eigenvalue weighted by molar-refractivity contribution is 0.0991. The molecule has 7 nitrogen and oxygen atoms in total. The number of phenolic OH excluding ortho intramolecular Hbond substituents is 1. The summed E-state index contributed by atoms with van der Waals surface area (Å²) in [5.74, 6) is -0.930. The maximum atomic E-state index is 12.2. The Morgan fingerprint density at radius 3 is 2.46 bits per heavy atom. The number of aryl methyl sites for hydroxylation is 1. The Morgan fingerprint density at radius 1 is 1.17 bits per heavy atom. The van der Waals surface area contributed by atoms with Gasteiger partial charge in [-0.05, 0) is 57.5 Å². The van der Waals surface area contributed by atoms with Crippen LogP contribution in [-0.4, -0.2) is 25.0 Å². The maximum absolute atomic E-state index is 12.2. The van der Waals surface area contributed by atoms with E-state index in [1.165, 1.54) is 18.2 Å². The molecule has 1 amide bonds. The van der Waals surface area contributed by atoms with Crippen molar-refractivity contribution in [3.05, 3.63) is 41.7 Å². The molecule has 1 heterocycles. The van der Waals surface area contributed by atoms with Gasteiger partial charge in [0.15, 0.2) is 5.76 Å². The smallest absolute Gasteiger partial charge is 0.291 e. The summed E-state index contributed by atoms with van der Waals surface area (Å²) >= 11 is 0. The first-order valence-corrected chi connectivity index (χ1v) is 8.71. The van der Waals surface area contributed by atoms with Gasteiger partial charge in [-0.15, -0.1) is 0 Å². The number of furan rings is 1. The highest BCUT2D eigenvalue weighted by molar-refractivity contribution is 7.89. The molecule has 0 aliphatic heterocycles. The SMILES string of the molecule is Cc1ccc(O)c(NC(=O)c2ccc(S(=O)(=O)NC(C)(C)C)o2)c1. The summed E-state index contributed by atoms with van der Waals surface area (Å²) in [5, 5.41) is 11.9. The molecule has 0 atom stereocenters. The number of sulfonamides is 1. The fraction of sp³-hybridized carbons (Fsp3) is 0.312. The molecule has 0 radical (unpaired) electrons. The predicted molar refractivity (Wildman–Crippen MR) is 89.6 cm³/mol. The molecular formula is C16H20N2O5S. The van der Waals surface area contributed by atoms with E-state index in [1.54, 1.807) is 32.9 Å². The lowest BCUT2D eigenvalue weighted by Crippen LogP contribution is -2.40. The van der Waals surface area contributed by atoms with Crippen molar-refractivity contribution in [1.82, 2.24) is 4.72 Å². The van der Waals surface area contributed by atoms with Gasteiger partial charge in [-0.25, -0.2) is 13.1 Å². The fourth-order valence-corrected chi connectivity index (χ4v) is 3.33. The Balaban J connectivity index is 2.21. The third kappa shape index (κ3) is 4.36. The number of hydrogen-bond donors (Lipinski definition) is 3. The Hall–Kier alpha value is -2.32. The number of amides is 1. The molecule has 0 unspecified atom stereocenters. The third-order valence-electron chi connectivity index (χ3n) is 2.91. The normalized spacial score (nSPS) is 12.2. The minimum Gasteiger partial charge on any atom is -0.506 e. The summed E-state index contributed by atoms with van der Waals surface area (Å²) in [7, 11) is -3.86. The van der Waals surface area contributed by atoms with Crippen molar-refractivity contribution >= 4 is 21.6 Å². The molecule has 1 aromatic heterocycles. The first-order chi connectivity index (χ1) is 11.0. The van der Waals surface area contributed by atoms with Gasteiger partial charge in [-0.2, -0.15) is 0 Å². The quantitative estimate of drug-likeness (QED) is 0.733. The van der Waals surface area contributed by atoms with Crippen LogP contribution in [0.15, 0.2) is 39.8 Å². The molecular weight excluding hydrogens is 332 g/mol. The number of anilines is 1. The second-order valence-corrected chi connectivity index (χ2v) is 8.06. The van der Waals surface area contributed by atoms with Gasteiger partial charge in [0.2, 0.25) is 5.09 Å². The molecule has 2 aromatic rings. The van der Waals surface area contributed by atoms with Crippen LogP contribution in [0.3, 0.4) is 0 Å². The second-order valence-electron chi connectivity index (χ2n) is 6.45. The molecule has 130 valence electrons. The Bertz CT molecular complexity index is 863. The van der Waals surface area contributed by atoms with Crippen LogP contribution in [0, 0.1) is 6.92 Å². The van der Waals surface area contributed by atoms with E-state index in [2.05, 4.69) is 10.0 Å². The minimum atomic E-state index is -3.86. The summed E-state index contributed by atoms with van der Waals surface area (Å²) in [6, 6.07) is 7.21. The molecule has 3 N–H and O–H groups in total. The molecule has 0 saturated heterocycles. The van der Waals surface area contributed by atoms with E-state index in [1.807, 2.05) is 6.92 Å². The molecule has 0 saturated carbocycles. The van der Waals surface area contributed by atoms with Gasteiger partial charge in [0, 0.05) is 5.54 Å². The fourth-order valence-electron chi connectivity index (χ4n) is 1.97. The average Bonchev–Trinajstić information content (AvgIpc) is 2.91. The van der Waals surface area contributed by atoms with Crippen molar-refractivity contribution in [2.24, 2.45) is 0 Å². The molecule has 0 bridgehead atoms. The van der Waals surface area contributed by atoms with Gasteiger partial charge >= 0.3 is 0 Å². The Labute approximate surface area is 140 Å². The van der Waals surface area contributed by atoms with Gasteiger partial charge < -0.3 is 14.8 Å². The van der Waals surface area contributed by atoms with Crippen LogP contribution in [-0.2, 0) is 10.0 Å². The minimum absolute atomic E-state index is 0.0947. The van der Waals surface area contributed by atoms with Gasteiger partial charge in [0.1, 0.15) is 5.75 Å². The van der Waals surface area contributed by atoms with Crippen molar-refractivity contribution < 1.29 is 22.7 Å². The van der Waals surface area contributed by atoms with Gasteiger partial charge in [-0.3, -0.25) is 4.79 Å². The zero-order valence-corrected chi connectivity index (χ0v) is 14.7. The Kier molecular flexibility index (Phi) is 4.73. The van der Waals surface area contributed by atoms with E-state index in [0.29, 0.717) is 0 Å². The van der Waals surface area contributed by atoms with E-state index < -0.39 is 21.5 Å². The van der Waals surface area contributed by atoms with Gasteiger partial charge in [-0.1, -0.05) is 6.07 Å². The van der Waals surface area contributed by atoms with Crippen molar-refractivity contribution in [3.8, 4) is 5.75 Å². The largest absolute Gasteiger partial charge is 0.506 e. The predicted octanol–water partition coefficient (Wildman–Crippen LogP) is 2.62. The molecule has 2 rings (SSSR count). The number of nitrogens with one attached hydrogen (secondary N) is 2. The van der Waals surface area contributed by atoms with E-state index in [4.69, 9.17) is 4.42 Å². The van der Waals surface area contributed by atoms with Crippen molar-refractivity contribution in [3.63, 3.8) is 0 Å². The molecule has 24 heavy (non-hydrogen) atoms. The topological polar surface area (TPSA) is 109 Å². The Morgan fingerprint density at radius 2 is 1.83 bits per heavy atom. The number of carbonyl (C=O) groups excluding carboxylic acids is 1. The molecule has 0 aliphatic carbocycles. The second kappa shape index (κ2) is 6.29. The van der Waals surface area contributed by atoms with E-state index in [-0.39, 0.29) is 22.3 Å². The van der Waals surface area contributed by atoms with Crippen LogP contribution in [0.2, 0.25) is 0 Å². The van der Waals surface area contributed by atoms with Gasteiger partial charge in [0.05, 0.1) is 5.69 Å². The van der Waals surface area contributed by atoms with Crippen LogP contribution >= 0.6 is 0 Å². The van der Waals surface area contributed by atoms with Gasteiger partial charge in [0.25, 0.3) is 15.9 Å². The number of phenols is 1. The van der Waals surface area contributed by atoms with Crippen molar-refractivity contribution in [2.75, 3.05) is 5.32 Å². The van der Waals surface area contributed by atoms with Crippen molar-refractivity contribution in [2.45, 2.75) is 38.3 Å². The van der Waals surface area contributed by atoms with Crippen LogP contribution in [0.25, 0.3) is 0 Å². The van der Waals surface area contributed by atoms with E-state index >= 15 is 0 Å². The summed E-state index contributed by atoms with van der Waals surface area (Å²) < 4.78 is 31.9. The highest BCUT2D eigenvalue weighted by Crippen LogP contribution is 2.25. The zero-order valence-electron chi connectivity index (χ0n) is 13.9. The number of hydrogen-bond acceptors (Lipinski definition) is 5. The highest BCUT2D eigenvalue weighted by atomic mass is 32.2. The highest BCUT2D eigenvalue weighted by Gasteiger charge is 2.26. The number of rotatable bonds is 4. The summed E-state index contributed by atoms with van der Waals surface area (Å²) in [5.41, 5.74) is 0.385. The van der Waals surface area contributed by atoms with E-state index in [9.17, 15) is 18.3 Å². The van der Waals surface area contributed by atoms with E-state index in [0.717, 1.165) is 5.56 Å². The number of benzene rings is 1. The van der Waals surface area contributed by atoms with Crippen LogP contribution in [0.4, 0.5) is 5.69 Å². The summed E-state index contributed by atoms with van der Waals surface area (Å²) in [4.78, 5) is 12.2. The standard InChI is InChI=1S/C16H20N2O5S/c1-10-5-6-12(19)11(9-10)17-15(20)13-7-8-14(23-13)24(21,22)18-16(2,3)4/h5-9,18-19H,1-4H3,(H,17,20).